The SMILES string of the molecule is CN(Cc1ccccc1Br)CC(C)(C)C(=O)NN. The third-order valence-electron chi connectivity index (χ3n) is 2.81. The molecule has 0 spiro atoms. The van der Waals surface area contributed by atoms with Crippen LogP contribution in [-0.2, 0) is 11.3 Å². The summed E-state index contributed by atoms with van der Waals surface area (Å²) in [5.41, 5.74) is 2.90. The van der Waals surface area contributed by atoms with E-state index in [0.717, 1.165) is 11.0 Å². The summed E-state index contributed by atoms with van der Waals surface area (Å²) in [5.74, 6) is 5.03. The van der Waals surface area contributed by atoms with Gasteiger partial charge in [0.05, 0.1) is 5.41 Å². The van der Waals surface area contributed by atoms with Crippen molar-refractivity contribution in [1.29, 1.82) is 0 Å². The molecule has 1 rings (SSSR count). The first-order valence-corrected chi connectivity index (χ1v) is 6.59. The zero-order chi connectivity index (χ0) is 13.8. The molecule has 0 saturated heterocycles. The van der Waals surface area contributed by atoms with E-state index in [-0.39, 0.29) is 5.91 Å². The lowest BCUT2D eigenvalue weighted by Crippen LogP contribution is -2.46. The number of nitrogens with one attached hydrogen (secondary N) is 1. The topological polar surface area (TPSA) is 58.4 Å². The van der Waals surface area contributed by atoms with Gasteiger partial charge in [-0.05, 0) is 32.5 Å². The second-order valence-corrected chi connectivity index (χ2v) is 5.98. The number of carbonyl (C=O) groups excluding carboxylic acids is 1. The van der Waals surface area contributed by atoms with Gasteiger partial charge in [0, 0.05) is 17.6 Å². The summed E-state index contributed by atoms with van der Waals surface area (Å²) in [6, 6.07) is 8.07. The molecule has 0 aliphatic heterocycles. The molecule has 1 amide bonds. The number of hydrazine groups is 1. The van der Waals surface area contributed by atoms with E-state index in [1.807, 2.05) is 39.1 Å². The molecule has 0 aliphatic rings. The number of rotatable bonds is 5. The van der Waals surface area contributed by atoms with E-state index in [4.69, 9.17) is 5.84 Å². The maximum atomic E-state index is 11.6. The van der Waals surface area contributed by atoms with Crippen molar-refractivity contribution >= 4 is 21.8 Å². The van der Waals surface area contributed by atoms with Crippen molar-refractivity contribution in [3.8, 4) is 0 Å². The number of carbonyl (C=O) groups is 1. The average molecular weight is 314 g/mol. The average Bonchev–Trinajstić information content (AvgIpc) is 2.30. The van der Waals surface area contributed by atoms with Crippen molar-refractivity contribution in [2.45, 2.75) is 20.4 Å². The number of hydrogen-bond donors (Lipinski definition) is 2. The smallest absolute Gasteiger partial charge is 0.240 e. The van der Waals surface area contributed by atoms with Crippen LogP contribution in [0.4, 0.5) is 0 Å². The maximum Gasteiger partial charge on any atom is 0.240 e. The lowest BCUT2D eigenvalue weighted by atomic mass is 9.92. The summed E-state index contributed by atoms with van der Waals surface area (Å²) in [6.45, 7) is 5.18. The predicted molar refractivity (Wildman–Crippen MR) is 76.6 cm³/mol. The van der Waals surface area contributed by atoms with Gasteiger partial charge in [-0.15, -0.1) is 0 Å². The Bertz CT molecular complexity index is 420. The van der Waals surface area contributed by atoms with Gasteiger partial charge in [-0.1, -0.05) is 34.1 Å². The molecule has 18 heavy (non-hydrogen) atoms. The largest absolute Gasteiger partial charge is 0.301 e. The molecule has 1 aromatic rings. The number of hydrogen-bond acceptors (Lipinski definition) is 3. The summed E-state index contributed by atoms with van der Waals surface area (Å²) in [6.07, 6.45) is 0. The Labute approximate surface area is 117 Å². The van der Waals surface area contributed by atoms with Gasteiger partial charge < -0.3 is 4.90 Å². The van der Waals surface area contributed by atoms with Crippen molar-refractivity contribution in [3.63, 3.8) is 0 Å². The molecule has 0 aliphatic carbocycles. The molecule has 100 valence electrons. The predicted octanol–water partition coefficient (Wildman–Crippen LogP) is 1.90. The van der Waals surface area contributed by atoms with Crippen LogP contribution >= 0.6 is 15.9 Å². The summed E-state index contributed by atoms with van der Waals surface area (Å²) in [5, 5.41) is 0. The molecule has 0 aromatic heterocycles. The fourth-order valence-corrected chi connectivity index (χ4v) is 2.33. The van der Waals surface area contributed by atoms with Crippen LogP contribution in [0.5, 0.6) is 0 Å². The van der Waals surface area contributed by atoms with E-state index in [1.165, 1.54) is 5.56 Å². The number of halogens is 1. The number of amides is 1. The quantitative estimate of drug-likeness (QED) is 0.496. The normalized spacial score (nSPS) is 11.7. The summed E-state index contributed by atoms with van der Waals surface area (Å²) in [7, 11) is 1.99. The third-order valence-corrected chi connectivity index (χ3v) is 3.58. The van der Waals surface area contributed by atoms with Crippen LogP contribution in [0.2, 0.25) is 0 Å². The van der Waals surface area contributed by atoms with E-state index in [0.29, 0.717) is 6.54 Å². The fourth-order valence-electron chi connectivity index (χ4n) is 1.92. The summed E-state index contributed by atoms with van der Waals surface area (Å²) < 4.78 is 1.08. The first-order valence-electron chi connectivity index (χ1n) is 5.80. The van der Waals surface area contributed by atoms with Crippen LogP contribution in [0.3, 0.4) is 0 Å². The number of nitrogens with zero attached hydrogens (tertiary/aromatic N) is 1. The van der Waals surface area contributed by atoms with Gasteiger partial charge in [0.2, 0.25) is 5.91 Å². The van der Waals surface area contributed by atoms with Crippen LogP contribution in [-0.4, -0.2) is 24.4 Å². The van der Waals surface area contributed by atoms with Crippen LogP contribution in [0.15, 0.2) is 28.7 Å². The fraction of sp³-hybridized carbons (Fsp3) is 0.462. The molecule has 5 heteroatoms. The second-order valence-electron chi connectivity index (χ2n) is 5.12. The first-order chi connectivity index (χ1) is 8.36. The highest BCUT2D eigenvalue weighted by Gasteiger charge is 2.28. The summed E-state index contributed by atoms with van der Waals surface area (Å²) >= 11 is 3.52. The molecule has 4 nitrogen and oxygen atoms in total. The number of benzene rings is 1. The van der Waals surface area contributed by atoms with E-state index < -0.39 is 5.41 Å². The zero-order valence-corrected chi connectivity index (χ0v) is 12.6. The van der Waals surface area contributed by atoms with Crippen molar-refractivity contribution in [3.05, 3.63) is 34.3 Å². The Morgan fingerprint density at radius 2 is 2.06 bits per heavy atom. The van der Waals surface area contributed by atoms with Crippen LogP contribution in [0.25, 0.3) is 0 Å². The molecule has 0 fully saturated rings. The van der Waals surface area contributed by atoms with E-state index >= 15 is 0 Å². The van der Waals surface area contributed by atoms with Gasteiger partial charge in [0.15, 0.2) is 0 Å². The van der Waals surface area contributed by atoms with Crippen molar-refractivity contribution in [2.24, 2.45) is 11.3 Å². The molecule has 0 unspecified atom stereocenters. The van der Waals surface area contributed by atoms with Crippen molar-refractivity contribution in [1.82, 2.24) is 10.3 Å². The van der Waals surface area contributed by atoms with E-state index in [9.17, 15) is 4.79 Å². The van der Waals surface area contributed by atoms with Gasteiger partial charge >= 0.3 is 0 Å². The van der Waals surface area contributed by atoms with Crippen LogP contribution < -0.4 is 11.3 Å². The van der Waals surface area contributed by atoms with Gasteiger partial charge in [-0.3, -0.25) is 10.2 Å². The molecular formula is C13H20BrN3O. The Balaban J connectivity index is 2.65. The standard InChI is InChI=1S/C13H20BrN3O/c1-13(2,12(18)16-15)9-17(3)8-10-6-4-5-7-11(10)14/h4-7H,8-9,15H2,1-3H3,(H,16,18). The lowest BCUT2D eigenvalue weighted by molar-refractivity contribution is -0.130. The minimum absolute atomic E-state index is 0.151. The highest BCUT2D eigenvalue weighted by molar-refractivity contribution is 9.10. The Hall–Kier alpha value is -0.910. The van der Waals surface area contributed by atoms with Crippen molar-refractivity contribution in [2.75, 3.05) is 13.6 Å². The third kappa shape index (κ3) is 4.08. The zero-order valence-electron chi connectivity index (χ0n) is 11.0. The van der Waals surface area contributed by atoms with Gasteiger partial charge in [-0.2, -0.15) is 0 Å². The summed E-state index contributed by atoms with van der Waals surface area (Å²) in [4.78, 5) is 13.7. The highest BCUT2D eigenvalue weighted by Crippen LogP contribution is 2.21. The highest BCUT2D eigenvalue weighted by atomic mass is 79.9. The Morgan fingerprint density at radius 3 is 2.61 bits per heavy atom. The molecule has 0 atom stereocenters. The number of nitrogens with two attached hydrogens (primary N) is 1. The van der Waals surface area contributed by atoms with Crippen LogP contribution in [0.1, 0.15) is 19.4 Å². The Kier molecular flexibility index (Phi) is 5.31. The minimum Gasteiger partial charge on any atom is -0.301 e. The van der Waals surface area contributed by atoms with E-state index in [1.54, 1.807) is 0 Å². The van der Waals surface area contributed by atoms with Crippen LogP contribution in [0, 0.1) is 5.41 Å². The van der Waals surface area contributed by atoms with Gasteiger partial charge in [0.1, 0.15) is 0 Å². The van der Waals surface area contributed by atoms with Gasteiger partial charge in [-0.25, -0.2) is 5.84 Å². The van der Waals surface area contributed by atoms with E-state index in [2.05, 4.69) is 32.3 Å². The molecule has 0 radical (unpaired) electrons. The maximum absolute atomic E-state index is 11.6. The molecule has 0 saturated carbocycles. The molecule has 0 heterocycles. The molecule has 3 N–H and O–H groups in total. The first kappa shape index (κ1) is 15.1. The lowest BCUT2D eigenvalue weighted by Gasteiger charge is -2.28. The monoisotopic (exact) mass is 313 g/mol. The second kappa shape index (κ2) is 6.31. The van der Waals surface area contributed by atoms with Gasteiger partial charge in [0.25, 0.3) is 0 Å². The molecule has 1 aromatic carbocycles. The Morgan fingerprint density at radius 1 is 1.44 bits per heavy atom. The molecular weight excluding hydrogens is 294 g/mol. The minimum atomic E-state index is -0.509. The molecule has 0 bridgehead atoms. The van der Waals surface area contributed by atoms with Crippen molar-refractivity contribution < 1.29 is 4.79 Å².